The Labute approximate surface area is 153 Å². The van der Waals surface area contributed by atoms with Crippen LogP contribution in [0.15, 0.2) is 0 Å². The number of fused-ring (bicyclic) bond motifs is 5. The first-order chi connectivity index (χ1) is 11.8. The number of methoxy groups -OCH3 is 1. The van der Waals surface area contributed by atoms with Crippen molar-refractivity contribution in [1.82, 2.24) is 4.90 Å². The van der Waals surface area contributed by atoms with E-state index < -0.39 is 0 Å². The van der Waals surface area contributed by atoms with Gasteiger partial charge in [0.05, 0.1) is 6.10 Å². The molecule has 3 heteroatoms. The molecule has 4 aliphatic rings. The van der Waals surface area contributed by atoms with Gasteiger partial charge in [-0.2, -0.15) is 0 Å². The SMILES string of the molecule is COC(C)[C@H]1CC[C@H]2[C@@H]3CCC4N(C)C(=O)CC[C@]4(C)[C@H]3CC[C@]12C. The first-order valence-corrected chi connectivity index (χ1v) is 10.6. The monoisotopic (exact) mass is 347 g/mol. The van der Waals surface area contributed by atoms with Gasteiger partial charge in [-0.15, -0.1) is 0 Å². The minimum Gasteiger partial charge on any atom is -0.381 e. The van der Waals surface area contributed by atoms with Crippen molar-refractivity contribution in [3.8, 4) is 0 Å². The quantitative estimate of drug-likeness (QED) is 0.736. The van der Waals surface area contributed by atoms with E-state index in [0.717, 1.165) is 36.5 Å². The Morgan fingerprint density at radius 3 is 2.48 bits per heavy atom. The summed E-state index contributed by atoms with van der Waals surface area (Å²) >= 11 is 0. The third kappa shape index (κ3) is 2.37. The van der Waals surface area contributed by atoms with Crippen LogP contribution in [0, 0.1) is 34.5 Å². The van der Waals surface area contributed by atoms with Gasteiger partial charge in [0, 0.05) is 26.6 Å². The summed E-state index contributed by atoms with van der Waals surface area (Å²) in [6, 6.07) is 0.481. The Balaban J connectivity index is 1.61. The molecule has 1 saturated heterocycles. The van der Waals surface area contributed by atoms with E-state index in [9.17, 15) is 4.79 Å². The number of nitrogens with zero attached hydrogens (tertiary/aromatic N) is 1. The van der Waals surface area contributed by atoms with E-state index in [0.29, 0.717) is 28.9 Å². The van der Waals surface area contributed by atoms with Crippen molar-refractivity contribution in [1.29, 1.82) is 0 Å². The highest BCUT2D eigenvalue weighted by Crippen LogP contribution is 2.66. The van der Waals surface area contributed by atoms with Crippen molar-refractivity contribution in [2.45, 2.75) is 84.3 Å². The van der Waals surface area contributed by atoms with Crippen LogP contribution in [-0.2, 0) is 9.53 Å². The molecule has 0 aromatic rings. The molecule has 4 rings (SSSR count). The van der Waals surface area contributed by atoms with E-state index in [4.69, 9.17) is 4.74 Å². The van der Waals surface area contributed by atoms with Crippen LogP contribution < -0.4 is 0 Å². The van der Waals surface area contributed by atoms with E-state index in [2.05, 4.69) is 32.7 Å². The summed E-state index contributed by atoms with van der Waals surface area (Å²) in [5.41, 5.74) is 0.814. The molecule has 0 aromatic heterocycles. The van der Waals surface area contributed by atoms with Gasteiger partial charge in [-0.25, -0.2) is 0 Å². The summed E-state index contributed by atoms with van der Waals surface area (Å²) in [5, 5.41) is 0. The van der Waals surface area contributed by atoms with Gasteiger partial charge in [-0.3, -0.25) is 4.79 Å². The summed E-state index contributed by atoms with van der Waals surface area (Å²) in [4.78, 5) is 14.4. The Hall–Kier alpha value is -0.570. The number of carbonyl (C=O) groups is 1. The second kappa shape index (κ2) is 5.97. The molecule has 142 valence electrons. The smallest absolute Gasteiger partial charge is 0.222 e. The molecule has 3 nitrogen and oxygen atoms in total. The summed E-state index contributed by atoms with van der Waals surface area (Å²) in [5.74, 6) is 3.66. The van der Waals surface area contributed by atoms with Gasteiger partial charge in [0.1, 0.15) is 0 Å². The van der Waals surface area contributed by atoms with Gasteiger partial charge >= 0.3 is 0 Å². The van der Waals surface area contributed by atoms with E-state index in [1.54, 1.807) is 0 Å². The largest absolute Gasteiger partial charge is 0.381 e. The van der Waals surface area contributed by atoms with Crippen molar-refractivity contribution in [2.75, 3.05) is 14.2 Å². The van der Waals surface area contributed by atoms with Crippen LogP contribution in [0.1, 0.15) is 72.1 Å². The first-order valence-electron chi connectivity index (χ1n) is 10.6. The number of rotatable bonds is 2. The Morgan fingerprint density at radius 2 is 1.76 bits per heavy atom. The Kier molecular flexibility index (Phi) is 4.26. The maximum absolute atomic E-state index is 12.2. The average Bonchev–Trinajstić information content (AvgIpc) is 2.95. The molecule has 0 N–H and O–H groups in total. The van der Waals surface area contributed by atoms with Crippen LogP contribution in [0.2, 0.25) is 0 Å². The van der Waals surface area contributed by atoms with E-state index in [1.807, 2.05) is 7.11 Å². The van der Waals surface area contributed by atoms with E-state index in [-0.39, 0.29) is 0 Å². The van der Waals surface area contributed by atoms with Crippen LogP contribution in [0.25, 0.3) is 0 Å². The lowest BCUT2D eigenvalue weighted by atomic mass is 9.46. The standard InChI is InChI=1S/C22H37NO2/c1-14(25-5)16-7-8-17-15-6-9-19-22(3,13-11-20(24)23(19)4)18(15)10-12-21(16,17)2/h14-19H,6-13H2,1-5H3/t14?,15-,16+,17-,18-,19?,21+,22+/m0/s1. The van der Waals surface area contributed by atoms with Crippen LogP contribution in [0.5, 0.6) is 0 Å². The molecular weight excluding hydrogens is 310 g/mol. The zero-order valence-electron chi connectivity index (χ0n) is 16.9. The lowest BCUT2D eigenvalue weighted by Crippen LogP contribution is -2.61. The highest BCUT2D eigenvalue weighted by atomic mass is 16.5. The minimum atomic E-state index is 0.345. The van der Waals surface area contributed by atoms with Crippen LogP contribution >= 0.6 is 0 Å². The number of ether oxygens (including phenoxy) is 1. The molecule has 0 aromatic carbocycles. The second-order valence-electron chi connectivity index (χ2n) is 10.1. The second-order valence-corrected chi connectivity index (χ2v) is 10.1. The fraction of sp³-hybridized carbons (Fsp3) is 0.955. The first kappa shape index (κ1) is 17.8. The predicted octanol–water partition coefficient (Wildman–Crippen LogP) is 4.50. The van der Waals surface area contributed by atoms with Crippen LogP contribution in [0.3, 0.4) is 0 Å². The number of hydrogen-bond donors (Lipinski definition) is 0. The molecule has 4 fully saturated rings. The Bertz CT molecular complexity index is 548. The molecule has 2 unspecified atom stereocenters. The number of carbonyl (C=O) groups excluding carboxylic acids is 1. The maximum Gasteiger partial charge on any atom is 0.222 e. The van der Waals surface area contributed by atoms with Crippen molar-refractivity contribution in [3.05, 3.63) is 0 Å². The molecule has 8 atom stereocenters. The molecule has 1 heterocycles. The molecule has 0 bridgehead atoms. The minimum absolute atomic E-state index is 0.345. The van der Waals surface area contributed by atoms with Gasteiger partial charge < -0.3 is 9.64 Å². The third-order valence-electron chi connectivity index (χ3n) is 9.57. The zero-order valence-corrected chi connectivity index (χ0v) is 16.9. The van der Waals surface area contributed by atoms with Crippen LogP contribution in [0.4, 0.5) is 0 Å². The molecule has 1 amide bonds. The molecule has 25 heavy (non-hydrogen) atoms. The fourth-order valence-electron chi connectivity index (χ4n) is 8.13. The lowest BCUT2D eigenvalue weighted by molar-refractivity contribution is -0.159. The van der Waals surface area contributed by atoms with Crippen molar-refractivity contribution in [2.24, 2.45) is 34.5 Å². The number of amides is 1. The van der Waals surface area contributed by atoms with E-state index >= 15 is 0 Å². The number of likely N-dealkylation sites (tertiary alicyclic amines) is 1. The summed E-state index contributed by atoms with van der Waals surface area (Å²) in [6.45, 7) is 7.38. The zero-order chi connectivity index (χ0) is 18.0. The van der Waals surface area contributed by atoms with Gasteiger partial charge in [0.15, 0.2) is 0 Å². The lowest BCUT2D eigenvalue weighted by Gasteiger charge is -2.62. The maximum atomic E-state index is 12.2. The predicted molar refractivity (Wildman–Crippen MR) is 100 cm³/mol. The molecule has 3 saturated carbocycles. The van der Waals surface area contributed by atoms with Crippen LogP contribution in [-0.4, -0.2) is 37.1 Å². The summed E-state index contributed by atoms with van der Waals surface area (Å²) < 4.78 is 5.77. The van der Waals surface area contributed by atoms with Gasteiger partial charge in [0.25, 0.3) is 0 Å². The average molecular weight is 348 g/mol. The number of piperidine rings is 1. The fourth-order valence-corrected chi connectivity index (χ4v) is 8.13. The summed E-state index contributed by atoms with van der Waals surface area (Å²) in [7, 11) is 3.94. The molecule has 0 radical (unpaired) electrons. The van der Waals surface area contributed by atoms with Gasteiger partial charge in [0.2, 0.25) is 5.91 Å². The molecule has 1 aliphatic heterocycles. The highest BCUT2D eigenvalue weighted by Gasteiger charge is 2.61. The molecule has 0 spiro atoms. The number of hydrogen-bond acceptors (Lipinski definition) is 2. The van der Waals surface area contributed by atoms with Crippen molar-refractivity contribution in [3.63, 3.8) is 0 Å². The topological polar surface area (TPSA) is 29.5 Å². The highest BCUT2D eigenvalue weighted by molar-refractivity contribution is 5.77. The van der Waals surface area contributed by atoms with Gasteiger partial charge in [-0.05, 0) is 86.4 Å². The van der Waals surface area contributed by atoms with Gasteiger partial charge in [-0.1, -0.05) is 13.8 Å². The molecule has 3 aliphatic carbocycles. The Morgan fingerprint density at radius 1 is 1.04 bits per heavy atom. The molecular formula is C22H37NO2. The van der Waals surface area contributed by atoms with Crippen molar-refractivity contribution >= 4 is 5.91 Å². The van der Waals surface area contributed by atoms with E-state index in [1.165, 1.54) is 38.5 Å². The normalized spacial score (nSPS) is 50.8. The summed E-state index contributed by atoms with van der Waals surface area (Å²) in [6.07, 6.45) is 10.3. The third-order valence-corrected chi connectivity index (χ3v) is 9.57. The van der Waals surface area contributed by atoms with Crippen molar-refractivity contribution < 1.29 is 9.53 Å².